The molecule has 1 rings (SSSR count). The normalized spacial score (nSPS) is 10.7. The molecular weight excluding hydrogens is 184 g/mol. The number of halogens is 1. The molecule has 0 unspecified atom stereocenters. The van der Waals surface area contributed by atoms with Crippen LogP contribution in [0.3, 0.4) is 0 Å². The minimum absolute atomic E-state index is 0.00231. The van der Waals surface area contributed by atoms with Gasteiger partial charge in [-0.3, -0.25) is 4.79 Å². The Balaban J connectivity index is 3.13. The molecule has 13 heavy (non-hydrogen) atoms. The molecule has 0 fully saturated rings. The number of carbonyl (C=O) groups excluding carboxylic acids is 1. The van der Waals surface area contributed by atoms with E-state index in [0.717, 1.165) is 5.56 Å². The van der Waals surface area contributed by atoms with Crippen molar-refractivity contribution in [3.8, 4) is 0 Å². The highest BCUT2D eigenvalue weighted by Gasteiger charge is 2.05. The Labute approximate surface area is 83.0 Å². The van der Waals surface area contributed by atoms with E-state index in [1.807, 2.05) is 19.9 Å². The van der Waals surface area contributed by atoms with Crippen molar-refractivity contribution in [2.24, 2.45) is 0 Å². The van der Waals surface area contributed by atoms with E-state index in [1.165, 1.54) is 0 Å². The number of rotatable bonds is 2. The summed E-state index contributed by atoms with van der Waals surface area (Å²) in [5.74, 6) is 0.00231. The van der Waals surface area contributed by atoms with E-state index in [2.05, 4.69) is 0 Å². The lowest BCUT2D eigenvalue weighted by Crippen LogP contribution is -1.97. The second-order valence-corrected chi connectivity index (χ2v) is 3.26. The van der Waals surface area contributed by atoms with Crippen molar-refractivity contribution in [3.05, 3.63) is 46.5 Å². The molecule has 0 aliphatic heterocycles. The minimum Gasteiger partial charge on any atom is -0.289 e. The monoisotopic (exact) mass is 194 g/mol. The van der Waals surface area contributed by atoms with Gasteiger partial charge in [0.25, 0.3) is 0 Å². The molecule has 0 saturated carbocycles. The van der Waals surface area contributed by atoms with Crippen LogP contribution in [0.1, 0.15) is 22.8 Å². The van der Waals surface area contributed by atoms with Gasteiger partial charge in [0.15, 0.2) is 5.78 Å². The average Bonchev–Trinajstić information content (AvgIpc) is 2.09. The number of benzene rings is 1. The van der Waals surface area contributed by atoms with Crippen molar-refractivity contribution in [1.29, 1.82) is 0 Å². The van der Waals surface area contributed by atoms with Crippen molar-refractivity contribution in [3.63, 3.8) is 0 Å². The first-order valence-corrected chi connectivity index (χ1v) is 4.46. The van der Waals surface area contributed by atoms with Crippen LogP contribution in [0.2, 0.25) is 5.02 Å². The van der Waals surface area contributed by atoms with Gasteiger partial charge in [0.2, 0.25) is 0 Å². The first-order chi connectivity index (χ1) is 6.15. The van der Waals surface area contributed by atoms with Gasteiger partial charge in [0, 0.05) is 10.6 Å². The lowest BCUT2D eigenvalue weighted by Gasteiger charge is -2.01. The largest absolute Gasteiger partial charge is 0.289 e. The number of aryl methyl sites for hydroxylation is 1. The lowest BCUT2D eigenvalue weighted by molar-refractivity contribution is 0.104. The molecule has 2 heteroatoms. The third kappa shape index (κ3) is 2.43. The van der Waals surface area contributed by atoms with Crippen molar-refractivity contribution in [1.82, 2.24) is 0 Å². The summed E-state index contributed by atoms with van der Waals surface area (Å²) in [6, 6.07) is 5.32. The van der Waals surface area contributed by atoms with E-state index in [9.17, 15) is 4.79 Å². The zero-order valence-electron chi connectivity index (χ0n) is 7.67. The molecule has 0 aromatic heterocycles. The molecule has 0 spiro atoms. The van der Waals surface area contributed by atoms with E-state index in [4.69, 9.17) is 11.6 Å². The number of allylic oxidation sites excluding steroid dienone is 2. The topological polar surface area (TPSA) is 17.1 Å². The highest BCUT2D eigenvalue weighted by Crippen LogP contribution is 2.16. The molecule has 0 aliphatic rings. The summed E-state index contributed by atoms with van der Waals surface area (Å²) in [7, 11) is 0. The van der Waals surface area contributed by atoms with Crippen molar-refractivity contribution >= 4 is 17.4 Å². The predicted octanol–water partition coefficient (Wildman–Crippen LogP) is 3.41. The highest BCUT2D eigenvalue weighted by molar-refractivity contribution is 6.31. The summed E-state index contributed by atoms with van der Waals surface area (Å²) in [4.78, 5) is 11.5. The maximum Gasteiger partial charge on any atom is 0.185 e. The Morgan fingerprint density at radius 3 is 2.77 bits per heavy atom. The summed E-state index contributed by atoms with van der Waals surface area (Å²) < 4.78 is 0. The summed E-state index contributed by atoms with van der Waals surface area (Å²) in [6.07, 6.45) is 3.27. The molecule has 0 heterocycles. The van der Waals surface area contributed by atoms with Gasteiger partial charge >= 0.3 is 0 Å². The molecule has 0 aliphatic carbocycles. The van der Waals surface area contributed by atoms with Crippen molar-refractivity contribution < 1.29 is 4.79 Å². The molecule has 1 nitrogen and oxygen atoms in total. The van der Waals surface area contributed by atoms with Crippen LogP contribution in [0, 0.1) is 6.92 Å². The predicted molar refractivity (Wildman–Crippen MR) is 55.3 cm³/mol. The third-order valence-electron chi connectivity index (χ3n) is 1.78. The van der Waals surface area contributed by atoms with Gasteiger partial charge < -0.3 is 0 Å². The Bertz CT molecular complexity index is 353. The van der Waals surface area contributed by atoms with E-state index in [-0.39, 0.29) is 5.78 Å². The lowest BCUT2D eigenvalue weighted by atomic mass is 10.0. The quantitative estimate of drug-likeness (QED) is 0.521. The number of hydrogen-bond acceptors (Lipinski definition) is 1. The minimum atomic E-state index is 0.00231. The fraction of sp³-hybridized carbons (Fsp3) is 0.182. The van der Waals surface area contributed by atoms with Gasteiger partial charge in [-0.05, 0) is 37.6 Å². The number of hydrogen-bond donors (Lipinski definition) is 0. The fourth-order valence-electron chi connectivity index (χ4n) is 1.10. The maximum atomic E-state index is 11.5. The van der Waals surface area contributed by atoms with Crippen LogP contribution in [0.5, 0.6) is 0 Å². The summed E-state index contributed by atoms with van der Waals surface area (Å²) in [5, 5.41) is 0.596. The Morgan fingerprint density at radius 2 is 2.15 bits per heavy atom. The van der Waals surface area contributed by atoms with Crippen LogP contribution in [0.25, 0.3) is 0 Å². The Hall–Kier alpha value is -1.08. The molecular formula is C11H11ClO. The highest BCUT2D eigenvalue weighted by atomic mass is 35.5. The van der Waals surface area contributed by atoms with Crippen LogP contribution < -0.4 is 0 Å². The zero-order chi connectivity index (χ0) is 9.84. The van der Waals surface area contributed by atoms with Gasteiger partial charge in [0.05, 0.1) is 0 Å². The van der Waals surface area contributed by atoms with E-state index in [1.54, 1.807) is 24.3 Å². The summed E-state index contributed by atoms with van der Waals surface area (Å²) >= 11 is 5.78. The van der Waals surface area contributed by atoms with Gasteiger partial charge in [-0.25, -0.2) is 0 Å². The van der Waals surface area contributed by atoms with E-state index >= 15 is 0 Å². The second-order valence-electron chi connectivity index (χ2n) is 2.82. The molecule has 0 bridgehead atoms. The molecule has 0 N–H and O–H groups in total. The average molecular weight is 195 g/mol. The Morgan fingerprint density at radius 1 is 1.46 bits per heavy atom. The number of ketones is 1. The molecule has 0 amide bonds. The van der Waals surface area contributed by atoms with Gasteiger partial charge in [0.1, 0.15) is 0 Å². The Kier molecular flexibility index (Phi) is 3.26. The first-order valence-electron chi connectivity index (χ1n) is 4.08. The molecule has 68 valence electrons. The van der Waals surface area contributed by atoms with Crippen LogP contribution in [-0.4, -0.2) is 5.78 Å². The second kappa shape index (κ2) is 4.24. The third-order valence-corrected chi connectivity index (χ3v) is 2.02. The smallest absolute Gasteiger partial charge is 0.185 e. The van der Waals surface area contributed by atoms with Crippen LogP contribution >= 0.6 is 11.6 Å². The van der Waals surface area contributed by atoms with Gasteiger partial charge in [-0.1, -0.05) is 23.7 Å². The van der Waals surface area contributed by atoms with E-state index in [0.29, 0.717) is 10.6 Å². The van der Waals surface area contributed by atoms with Crippen LogP contribution in [0.15, 0.2) is 30.4 Å². The van der Waals surface area contributed by atoms with Gasteiger partial charge in [-0.15, -0.1) is 0 Å². The maximum absolute atomic E-state index is 11.5. The molecule has 0 atom stereocenters. The van der Waals surface area contributed by atoms with Crippen LogP contribution in [0.4, 0.5) is 0 Å². The SMILES string of the molecule is CC=CC(=O)c1cc(Cl)ccc1C. The van der Waals surface area contributed by atoms with E-state index < -0.39 is 0 Å². The first kappa shape index (κ1) is 10.0. The molecule has 0 saturated heterocycles. The van der Waals surface area contributed by atoms with Crippen molar-refractivity contribution in [2.75, 3.05) is 0 Å². The summed E-state index contributed by atoms with van der Waals surface area (Å²) in [6.45, 7) is 3.71. The van der Waals surface area contributed by atoms with Gasteiger partial charge in [-0.2, -0.15) is 0 Å². The zero-order valence-corrected chi connectivity index (χ0v) is 8.43. The number of carbonyl (C=O) groups is 1. The van der Waals surface area contributed by atoms with Crippen molar-refractivity contribution in [2.45, 2.75) is 13.8 Å². The standard InChI is InChI=1S/C11H11ClO/c1-3-4-11(13)10-7-9(12)6-5-8(10)2/h3-7H,1-2H3. The molecule has 0 radical (unpaired) electrons. The van der Waals surface area contributed by atoms with Crippen LogP contribution in [-0.2, 0) is 0 Å². The fourth-order valence-corrected chi connectivity index (χ4v) is 1.27. The summed E-state index contributed by atoms with van der Waals surface area (Å²) in [5.41, 5.74) is 1.62. The molecule has 1 aromatic carbocycles. The molecule has 1 aromatic rings.